The summed E-state index contributed by atoms with van der Waals surface area (Å²) in [5.41, 5.74) is 1.78. The van der Waals surface area contributed by atoms with Gasteiger partial charge in [0.2, 0.25) is 6.79 Å². The van der Waals surface area contributed by atoms with Crippen molar-refractivity contribution in [3.05, 3.63) is 59.7 Å². The first-order chi connectivity index (χ1) is 11.3. The topological polar surface area (TPSA) is 50.8 Å². The molecule has 0 aliphatic carbocycles. The fourth-order valence-corrected chi connectivity index (χ4v) is 3.12. The van der Waals surface area contributed by atoms with Gasteiger partial charge in [0.05, 0.1) is 6.04 Å². The lowest BCUT2D eigenvalue weighted by atomic mass is 10.0. The maximum Gasteiger partial charge on any atom is 0.254 e. The summed E-state index contributed by atoms with van der Waals surface area (Å²) in [4.78, 5) is 14.9. The minimum atomic E-state index is 0.0265. The van der Waals surface area contributed by atoms with E-state index in [1.54, 1.807) is 18.2 Å². The average Bonchev–Trinajstić information content (AvgIpc) is 3.09. The SMILES string of the molecule is O=C(c1ccc2c(c1)OCO2)N1CCNC[C@H]1c1ccccc1. The largest absolute Gasteiger partial charge is 0.454 e. The van der Waals surface area contributed by atoms with Crippen LogP contribution in [0.1, 0.15) is 22.0 Å². The van der Waals surface area contributed by atoms with E-state index in [1.165, 1.54) is 0 Å². The lowest BCUT2D eigenvalue weighted by molar-refractivity contribution is 0.0634. The second-order valence-corrected chi connectivity index (χ2v) is 5.70. The van der Waals surface area contributed by atoms with Crippen molar-refractivity contribution >= 4 is 5.91 Å². The summed E-state index contributed by atoms with van der Waals surface area (Å²) < 4.78 is 10.7. The van der Waals surface area contributed by atoms with Crippen LogP contribution in [0.25, 0.3) is 0 Å². The van der Waals surface area contributed by atoms with Gasteiger partial charge < -0.3 is 19.7 Å². The van der Waals surface area contributed by atoms with E-state index in [1.807, 2.05) is 23.1 Å². The summed E-state index contributed by atoms with van der Waals surface area (Å²) in [6, 6.07) is 15.6. The van der Waals surface area contributed by atoms with Gasteiger partial charge >= 0.3 is 0 Å². The van der Waals surface area contributed by atoms with Crippen molar-refractivity contribution in [3.8, 4) is 11.5 Å². The van der Waals surface area contributed by atoms with Crippen LogP contribution in [0.4, 0.5) is 0 Å². The Morgan fingerprint density at radius 1 is 1.09 bits per heavy atom. The summed E-state index contributed by atoms with van der Waals surface area (Å²) in [6.07, 6.45) is 0. The monoisotopic (exact) mass is 310 g/mol. The van der Waals surface area contributed by atoms with Crippen LogP contribution in [0.5, 0.6) is 11.5 Å². The highest BCUT2D eigenvalue weighted by molar-refractivity contribution is 5.95. The Labute approximate surface area is 134 Å². The summed E-state index contributed by atoms with van der Waals surface area (Å²) in [5, 5.41) is 3.37. The number of ether oxygens (including phenoxy) is 2. The first-order valence-corrected chi connectivity index (χ1v) is 7.79. The smallest absolute Gasteiger partial charge is 0.254 e. The van der Waals surface area contributed by atoms with Crippen LogP contribution in [-0.2, 0) is 0 Å². The molecule has 1 amide bonds. The Morgan fingerprint density at radius 3 is 2.78 bits per heavy atom. The summed E-state index contributed by atoms with van der Waals surface area (Å²) >= 11 is 0. The van der Waals surface area contributed by atoms with Gasteiger partial charge in [-0.2, -0.15) is 0 Å². The van der Waals surface area contributed by atoms with Crippen LogP contribution < -0.4 is 14.8 Å². The molecule has 1 atom stereocenters. The molecule has 2 aliphatic rings. The van der Waals surface area contributed by atoms with Gasteiger partial charge in [0.15, 0.2) is 11.5 Å². The van der Waals surface area contributed by atoms with Gasteiger partial charge in [0.1, 0.15) is 0 Å². The van der Waals surface area contributed by atoms with Gasteiger partial charge in [-0.05, 0) is 23.8 Å². The quantitative estimate of drug-likeness (QED) is 0.924. The van der Waals surface area contributed by atoms with E-state index in [2.05, 4.69) is 17.4 Å². The zero-order valence-corrected chi connectivity index (χ0v) is 12.7. The number of hydrogen-bond acceptors (Lipinski definition) is 4. The fraction of sp³-hybridized carbons (Fsp3) is 0.278. The maximum absolute atomic E-state index is 13.0. The number of rotatable bonds is 2. The van der Waals surface area contributed by atoms with Gasteiger partial charge in [-0.15, -0.1) is 0 Å². The van der Waals surface area contributed by atoms with E-state index in [4.69, 9.17) is 9.47 Å². The molecule has 0 saturated carbocycles. The van der Waals surface area contributed by atoms with E-state index < -0.39 is 0 Å². The van der Waals surface area contributed by atoms with Crippen molar-refractivity contribution in [2.75, 3.05) is 26.4 Å². The predicted octanol–water partition coefficient (Wildman–Crippen LogP) is 2.20. The van der Waals surface area contributed by atoms with E-state index in [-0.39, 0.29) is 18.7 Å². The second-order valence-electron chi connectivity index (χ2n) is 5.70. The molecule has 1 saturated heterocycles. The molecule has 2 aromatic carbocycles. The van der Waals surface area contributed by atoms with Gasteiger partial charge in [-0.1, -0.05) is 30.3 Å². The normalized spacial score (nSPS) is 19.7. The number of amides is 1. The predicted molar refractivity (Wildman–Crippen MR) is 85.7 cm³/mol. The number of carbonyl (C=O) groups excluding carboxylic acids is 1. The standard InChI is InChI=1S/C18H18N2O3/c21-18(14-6-7-16-17(10-14)23-12-22-16)20-9-8-19-11-15(20)13-4-2-1-3-5-13/h1-7,10,15,19H,8-9,11-12H2/t15-/m0/s1. The van der Waals surface area contributed by atoms with Gasteiger partial charge in [0.25, 0.3) is 5.91 Å². The van der Waals surface area contributed by atoms with Crippen molar-refractivity contribution in [3.63, 3.8) is 0 Å². The molecular formula is C18H18N2O3. The van der Waals surface area contributed by atoms with Crippen LogP contribution in [-0.4, -0.2) is 37.2 Å². The third-order valence-corrected chi connectivity index (χ3v) is 4.31. The first-order valence-electron chi connectivity index (χ1n) is 7.79. The van der Waals surface area contributed by atoms with Crippen molar-refractivity contribution in [1.29, 1.82) is 0 Å². The highest BCUT2D eigenvalue weighted by atomic mass is 16.7. The summed E-state index contributed by atoms with van der Waals surface area (Å²) in [6.45, 7) is 2.47. The van der Waals surface area contributed by atoms with Gasteiger partial charge in [0, 0.05) is 25.2 Å². The second kappa shape index (κ2) is 5.93. The van der Waals surface area contributed by atoms with Crippen molar-refractivity contribution < 1.29 is 14.3 Å². The first kappa shape index (κ1) is 14.1. The molecule has 4 rings (SSSR count). The average molecular weight is 310 g/mol. The summed E-state index contributed by atoms with van der Waals surface area (Å²) in [7, 11) is 0. The zero-order valence-electron chi connectivity index (χ0n) is 12.7. The van der Waals surface area contributed by atoms with Gasteiger partial charge in [-0.3, -0.25) is 4.79 Å². The third-order valence-electron chi connectivity index (χ3n) is 4.31. The highest BCUT2D eigenvalue weighted by Crippen LogP contribution is 2.33. The molecule has 118 valence electrons. The molecule has 0 aromatic heterocycles. The molecule has 23 heavy (non-hydrogen) atoms. The number of piperazine rings is 1. The van der Waals surface area contributed by atoms with E-state index >= 15 is 0 Å². The molecule has 5 heteroatoms. The number of nitrogens with one attached hydrogen (secondary N) is 1. The molecular weight excluding hydrogens is 292 g/mol. The molecule has 5 nitrogen and oxygen atoms in total. The number of fused-ring (bicyclic) bond motifs is 1. The van der Waals surface area contributed by atoms with Crippen LogP contribution >= 0.6 is 0 Å². The fourth-order valence-electron chi connectivity index (χ4n) is 3.12. The van der Waals surface area contributed by atoms with Crippen molar-refractivity contribution in [2.24, 2.45) is 0 Å². The lowest BCUT2D eigenvalue weighted by Gasteiger charge is -2.36. The molecule has 0 spiro atoms. The summed E-state index contributed by atoms with van der Waals surface area (Å²) in [5.74, 6) is 1.36. The molecule has 2 aliphatic heterocycles. The number of hydrogen-bond donors (Lipinski definition) is 1. The minimum Gasteiger partial charge on any atom is -0.454 e. The molecule has 2 aromatic rings. The minimum absolute atomic E-state index is 0.0265. The Kier molecular flexibility index (Phi) is 3.63. The van der Waals surface area contributed by atoms with E-state index in [0.29, 0.717) is 23.6 Å². The maximum atomic E-state index is 13.0. The zero-order chi connectivity index (χ0) is 15.6. The van der Waals surface area contributed by atoms with Crippen LogP contribution in [0.15, 0.2) is 48.5 Å². The third kappa shape index (κ3) is 2.64. The Bertz CT molecular complexity index is 717. The number of carbonyl (C=O) groups is 1. The molecule has 0 unspecified atom stereocenters. The van der Waals surface area contributed by atoms with Gasteiger partial charge in [-0.25, -0.2) is 0 Å². The lowest BCUT2D eigenvalue weighted by Crippen LogP contribution is -2.48. The molecule has 1 N–H and O–H groups in total. The molecule has 0 radical (unpaired) electrons. The Balaban J connectivity index is 1.63. The highest BCUT2D eigenvalue weighted by Gasteiger charge is 2.29. The van der Waals surface area contributed by atoms with Crippen LogP contribution in [0.2, 0.25) is 0 Å². The molecule has 1 fully saturated rings. The van der Waals surface area contributed by atoms with Crippen LogP contribution in [0.3, 0.4) is 0 Å². The molecule has 2 heterocycles. The van der Waals surface area contributed by atoms with E-state index in [9.17, 15) is 4.79 Å². The van der Waals surface area contributed by atoms with E-state index in [0.717, 1.165) is 18.7 Å². The Hall–Kier alpha value is -2.53. The van der Waals surface area contributed by atoms with Crippen molar-refractivity contribution in [1.82, 2.24) is 10.2 Å². The van der Waals surface area contributed by atoms with Crippen molar-refractivity contribution in [2.45, 2.75) is 6.04 Å². The number of nitrogens with zero attached hydrogens (tertiary/aromatic N) is 1. The number of benzene rings is 2. The molecule has 0 bridgehead atoms. The Morgan fingerprint density at radius 2 is 1.91 bits per heavy atom. The van der Waals surface area contributed by atoms with Crippen LogP contribution in [0, 0.1) is 0 Å².